The molecule has 1 aromatic carbocycles. The van der Waals surface area contributed by atoms with E-state index in [9.17, 15) is 5.11 Å². The van der Waals surface area contributed by atoms with Crippen molar-refractivity contribution in [3.05, 3.63) is 27.3 Å². The molecule has 82 valence electrons. The second kappa shape index (κ2) is 5.19. The molecule has 1 aliphatic rings. The van der Waals surface area contributed by atoms with Crippen LogP contribution in [0.2, 0.25) is 0 Å². The first-order chi connectivity index (χ1) is 7.25. The van der Waals surface area contributed by atoms with Crippen LogP contribution in [-0.2, 0) is 6.42 Å². The van der Waals surface area contributed by atoms with Crippen molar-refractivity contribution in [3.63, 3.8) is 0 Å². The molecule has 1 N–H and O–H groups in total. The standard InChI is InChI=1S/C13H17IO/c14-12-6-7-13(15)11(9-12)8-10-4-2-1-3-5-10/h6-7,9-10,15H,1-5,8H2. The Morgan fingerprint density at radius 1 is 1.20 bits per heavy atom. The van der Waals surface area contributed by atoms with E-state index in [2.05, 4.69) is 28.7 Å². The molecule has 2 rings (SSSR count). The topological polar surface area (TPSA) is 20.2 Å². The van der Waals surface area contributed by atoms with Crippen LogP contribution in [0.25, 0.3) is 0 Å². The summed E-state index contributed by atoms with van der Waals surface area (Å²) < 4.78 is 1.22. The fourth-order valence-corrected chi connectivity index (χ4v) is 2.98. The molecule has 0 heterocycles. The first-order valence-corrected chi connectivity index (χ1v) is 6.81. The Bertz CT molecular complexity index is 329. The molecule has 1 fully saturated rings. The molecule has 1 saturated carbocycles. The van der Waals surface area contributed by atoms with Gasteiger partial charge in [-0.3, -0.25) is 0 Å². The van der Waals surface area contributed by atoms with Gasteiger partial charge in [0.05, 0.1) is 0 Å². The van der Waals surface area contributed by atoms with Crippen LogP contribution in [0.15, 0.2) is 18.2 Å². The third kappa shape index (κ3) is 3.10. The fraction of sp³-hybridized carbons (Fsp3) is 0.538. The quantitative estimate of drug-likeness (QED) is 0.814. The Hall–Kier alpha value is -0.250. The minimum atomic E-state index is 0.473. The van der Waals surface area contributed by atoms with Crippen molar-refractivity contribution in [2.75, 3.05) is 0 Å². The summed E-state index contributed by atoms with van der Waals surface area (Å²) in [7, 11) is 0. The van der Waals surface area contributed by atoms with E-state index in [1.54, 1.807) is 0 Å². The van der Waals surface area contributed by atoms with Crippen LogP contribution in [-0.4, -0.2) is 5.11 Å². The number of benzene rings is 1. The third-order valence-corrected chi connectivity index (χ3v) is 3.95. The highest BCUT2D eigenvalue weighted by Crippen LogP contribution is 2.30. The van der Waals surface area contributed by atoms with Crippen molar-refractivity contribution in [2.24, 2.45) is 5.92 Å². The lowest BCUT2D eigenvalue weighted by molar-refractivity contribution is 0.351. The maximum atomic E-state index is 9.76. The zero-order chi connectivity index (χ0) is 10.7. The molecule has 1 nitrogen and oxygen atoms in total. The Labute approximate surface area is 105 Å². The summed E-state index contributed by atoms with van der Waals surface area (Å²) >= 11 is 2.31. The summed E-state index contributed by atoms with van der Waals surface area (Å²) in [6.45, 7) is 0. The average molecular weight is 316 g/mol. The van der Waals surface area contributed by atoms with Gasteiger partial charge in [-0.05, 0) is 58.7 Å². The highest BCUT2D eigenvalue weighted by Gasteiger charge is 2.15. The maximum absolute atomic E-state index is 9.76. The molecule has 0 aromatic heterocycles. The molecular formula is C13H17IO. The zero-order valence-electron chi connectivity index (χ0n) is 8.88. The zero-order valence-corrected chi connectivity index (χ0v) is 11.0. The number of halogens is 1. The van der Waals surface area contributed by atoms with Gasteiger partial charge < -0.3 is 5.11 Å². The highest BCUT2D eigenvalue weighted by atomic mass is 127. The summed E-state index contributed by atoms with van der Waals surface area (Å²) in [6.07, 6.45) is 7.87. The number of phenolic OH excluding ortho intramolecular Hbond substituents is 1. The van der Waals surface area contributed by atoms with Crippen LogP contribution in [0.3, 0.4) is 0 Å². The van der Waals surface area contributed by atoms with Crippen molar-refractivity contribution >= 4 is 22.6 Å². The molecule has 0 aliphatic heterocycles. The van der Waals surface area contributed by atoms with Crippen molar-refractivity contribution in [3.8, 4) is 5.75 Å². The Morgan fingerprint density at radius 3 is 2.67 bits per heavy atom. The molecule has 2 heteroatoms. The van der Waals surface area contributed by atoms with Gasteiger partial charge in [0.2, 0.25) is 0 Å². The average Bonchev–Trinajstić information content (AvgIpc) is 2.25. The van der Waals surface area contributed by atoms with Gasteiger partial charge in [-0.25, -0.2) is 0 Å². The van der Waals surface area contributed by atoms with E-state index in [0.717, 1.165) is 17.9 Å². The lowest BCUT2D eigenvalue weighted by Gasteiger charge is -2.21. The number of hydrogen-bond acceptors (Lipinski definition) is 1. The summed E-state index contributed by atoms with van der Waals surface area (Å²) in [5.41, 5.74) is 1.13. The summed E-state index contributed by atoms with van der Waals surface area (Å²) in [5.74, 6) is 1.27. The van der Waals surface area contributed by atoms with E-state index in [1.165, 1.54) is 35.7 Å². The van der Waals surface area contributed by atoms with E-state index < -0.39 is 0 Å². The molecule has 0 radical (unpaired) electrons. The molecule has 0 spiro atoms. The van der Waals surface area contributed by atoms with Crippen molar-refractivity contribution in [1.29, 1.82) is 0 Å². The lowest BCUT2D eigenvalue weighted by Crippen LogP contribution is -2.09. The third-order valence-electron chi connectivity index (χ3n) is 3.27. The Kier molecular flexibility index (Phi) is 3.89. The molecule has 0 bridgehead atoms. The predicted molar refractivity (Wildman–Crippen MR) is 71.1 cm³/mol. The molecule has 0 unspecified atom stereocenters. The van der Waals surface area contributed by atoms with E-state index in [4.69, 9.17) is 0 Å². The monoisotopic (exact) mass is 316 g/mol. The van der Waals surface area contributed by atoms with Gasteiger partial charge in [0.1, 0.15) is 5.75 Å². The van der Waals surface area contributed by atoms with Gasteiger partial charge in [-0.2, -0.15) is 0 Å². The summed E-state index contributed by atoms with van der Waals surface area (Å²) in [5, 5.41) is 9.76. The van der Waals surface area contributed by atoms with Crippen LogP contribution in [0.5, 0.6) is 5.75 Å². The molecule has 0 atom stereocenters. The van der Waals surface area contributed by atoms with E-state index in [0.29, 0.717) is 5.75 Å². The lowest BCUT2D eigenvalue weighted by atomic mass is 9.85. The number of rotatable bonds is 2. The minimum Gasteiger partial charge on any atom is -0.508 e. The highest BCUT2D eigenvalue weighted by molar-refractivity contribution is 14.1. The Morgan fingerprint density at radius 2 is 1.93 bits per heavy atom. The van der Waals surface area contributed by atoms with Gasteiger partial charge in [0.25, 0.3) is 0 Å². The second-order valence-corrected chi connectivity index (χ2v) is 5.73. The van der Waals surface area contributed by atoms with Gasteiger partial charge >= 0.3 is 0 Å². The smallest absolute Gasteiger partial charge is 0.118 e. The first kappa shape index (κ1) is 11.2. The van der Waals surface area contributed by atoms with E-state index in [1.807, 2.05) is 12.1 Å². The van der Waals surface area contributed by atoms with Gasteiger partial charge in [0.15, 0.2) is 0 Å². The number of aromatic hydroxyl groups is 1. The molecule has 0 saturated heterocycles. The fourth-order valence-electron chi connectivity index (χ4n) is 2.42. The normalized spacial score (nSPS) is 17.9. The number of phenols is 1. The van der Waals surface area contributed by atoms with Crippen molar-refractivity contribution in [2.45, 2.75) is 38.5 Å². The molecule has 0 amide bonds. The van der Waals surface area contributed by atoms with Gasteiger partial charge in [-0.1, -0.05) is 32.1 Å². The van der Waals surface area contributed by atoms with Crippen LogP contribution < -0.4 is 0 Å². The van der Waals surface area contributed by atoms with Crippen LogP contribution >= 0.6 is 22.6 Å². The van der Waals surface area contributed by atoms with Crippen molar-refractivity contribution < 1.29 is 5.11 Å². The van der Waals surface area contributed by atoms with Crippen LogP contribution in [0.1, 0.15) is 37.7 Å². The second-order valence-electron chi connectivity index (χ2n) is 4.48. The SMILES string of the molecule is Oc1ccc(I)cc1CC1CCCCC1. The van der Waals surface area contributed by atoms with Gasteiger partial charge in [-0.15, -0.1) is 0 Å². The largest absolute Gasteiger partial charge is 0.508 e. The van der Waals surface area contributed by atoms with Crippen LogP contribution in [0.4, 0.5) is 0 Å². The molecule has 1 aromatic rings. The Balaban J connectivity index is 2.05. The number of hydrogen-bond donors (Lipinski definition) is 1. The van der Waals surface area contributed by atoms with Crippen molar-refractivity contribution in [1.82, 2.24) is 0 Å². The van der Waals surface area contributed by atoms with E-state index in [-0.39, 0.29) is 0 Å². The van der Waals surface area contributed by atoms with Crippen LogP contribution in [0, 0.1) is 9.49 Å². The minimum absolute atomic E-state index is 0.473. The summed E-state index contributed by atoms with van der Waals surface area (Å²) in [6, 6.07) is 5.89. The van der Waals surface area contributed by atoms with Gasteiger partial charge in [0, 0.05) is 3.57 Å². The molecule has 15 heavy (non-hydrogen) atoms. The van der Waals surface area contributed by atoms with E-state index >= 15 is 0 Å². The molecule has 1 aliphatic carbocycles. The summed E-state index contributed by atoms with van der Waals surface area (Å²) in [4.78, 5) is 0. The predicted octanol–water partition coefficient (Wildman–Crippen LogP) is 4.12. The molecular weight excluding hydrogens is 299 g/mol. The first-order valence-electron chi connectivity index (χ1n) is 5.73. The maximum Gasteiger partial charge on any atom is 0.118 e.